The Morgan fingerprint density at radius 1 is 0.759 bits per heavy atom. The van der Waals surface area contributed by atoms with Crippen molar-refractivity contribution in [1.29, 1.82) is 0 Å². The molecule has 0 saturated carbocycles. The molecule has 3 heteroatoms. The van der Waals surface area contributed by atoms with Gasteiger partial charge in [-0.15, -0.1) is 11.8 Å². The number of para-hydroxylation sites is 1. The summed E-state index contributed by atoms with van der Waals surface area (Å²) in [6.45, 7) is 6.55. The molecule has 2 nitrogen and oxygen atoms in total. The van der Waals surface area contributed by atoms with Gasteiger partial charge >= 0.3 is 0 Å². The highest BCUT2D eigenvalue weighted by Gasteiger charge is 2.79. The van der Waals surface area contributed by atoms with Crippen molar-refractivity contribution in [3.63, 3.8) is 0 Å². The van der Waals surface area contributed by atoms with E-state index in [1.165, 1.54) is 11.1 Å². The minimum Gasteiger partial charge on any atom is -0.314 e. The fraction of sp³-hybridized carbons (Fsp3) is 0.269. The molecule has 29 heavy (non-hydrogen) atoms. The minimum atomic E-state index is -0.604. The Bertz CT molecular complexity index is 956. The lowest BCUT2D eigenvalue weighted by atomic mass is 9.67. The van der Waals surface area contributed by atoms with E-state index in [-0.39, 0.29) is 11.3 Å². The predicted octanol–water partition coefficient (Wildman–Crippen LogP) is 6.12. The average molecular weight is 402 g/mol. The summed E-state index contributed by atoms with van der Waals surface area (Å²) in [7, 11) is 1.89. The molecule has 0 aromatic heterocycles. The Kier molecular flexibility index (Phi) is 4.82. The number of carbonyl (C=O) groups excluding carboxylic acids is 1. The van der Waals surface area contributed by atoms with E-state index in [0.29, 0.717) is 0 Å². The normalized spacial score (nSPS) is 20.1. The van der Waals surface area contributed by atoms with Gasteiger partial charge in [0.05, 0.1) is 4.75 Å². The Morgan fingerprint density at radius 2 is 1.17 bits per heavy atom. The molecule has 1 fully saturated rings. The lowest BCUT2D eigenvalue weighted by Crippen LogP contribution is -2.50. The zero-order valence-electron chi connectivity index (χ0n) is 17.4. The van der Waals surface area contributed by atoms with Crippen LogP contribution in [0.2, 0.25) is 0 Å². The molecule has 1 saturated heterocycles. The van der Waals surface area contributed by atoms with Crippen LogP contribution in [-0.4, -0.2) is 17.7 Å². The van der Waals surface area contributed by atoms with Gasteiger partial charge in [-0.25, -0.2) is 0 Å². The first kappa shape index (κ1) is 19.8. The zero-order valence-corrected chi connectivity index (χ0v) is 18.2. The van der Waals surface area contributed by atoms with Crippen LogP contribution in [0.15, 0.2) is 91.0 Å². The maximum Gasteiger partial charge on any atom is 0.245 e. The predicted molar refractivity (Wildman–Crippen MR) is 123 cm³/mol. The van der Waals surface area contributed by atoms with Crippen LogP contribution >= 0.6 is 11.8 Å². The summed E-state index contributed by atoms with van der Waals surface area (Å²) in [5.74, 6) is 0.147. The fourth-order valence-electron chi connectivity index (χ4n) is 4.44. The lowest BCUT2D eigenvalue weighted by molar-refractivity contribution is -0.122. The van der Waals surface area contributed by atoms with E-state index in [1.54, 1.807) is 11.8 Å². The summed E-state index contributed by atoms with van der Waals surface area (Å²) in [4.78, 5) is 16.0. The molecule has 0 spiro atoms. The summed E-state index contributed by atoms with van der Waals surface area (Å²) in [6, 6.07) is 30.9. The van der Waals surface area contributed by atoms with Crippen molar-refractivity contribution in [1.82, 2.24) is 0 Å². The molecule has 1 heterocycles. The van der Waals surface area contributed by atoms with Crippen LogP contribution in [0, 0.1) is 5.41 Å². The van der Waals surface area contributed by atoms with Gasteiger partial charge in [-0.05, 0) is 28.7 Å². The van der Waals surface area contributed by atoms with Crippen LogP contribution < -0.4 is 4.90 Å². The zero-order chi connectivity index (χ0) is 20.7. The van der Waals surface area contributed by atoms with Crippen molar-refractivity contribution >= 4 is 23.4 Å². The summed E-state index contributed by atoms with van der Waals surface area (Å²) >= 11 is 1.78. The Hall–Kier alpha value is -2.52. The second-order valence-corrected chi connectivity index (χ2v) is 10.1. The van der Waals surface area contributed by atoms with E-state index in [2.05, 4.69) is 69.3 Å². The molecule has 1 aliphatic rings. The van der Waals surface area contributed by atoms with Gasteiger partial charge in [-0.1, -0.05) is 99.6 Å². The standard InChI is InChI=1S/C26H27NOS/c1-24(2,3)26(23(28)27(4)22-18-12-7-13-19-22)25(29-26,20-14-8-5-9-15-20)21-16-10-6-11-17-21/h5-19H,1-4H3. The van der Waals surface area contributed by atoms with E-state index < -0.39 is 9.49 Å². The molecule has 0 bridgehead atoms. The van der Waals surface area contributed by atoms with E-state index in [4.69, 9.17) is 0 Å². The number of rotatable bonds is 4. The van der Waals surface area contributed by atoms with Gasteiger partial charge in [-0.3, -0.25) is 4.79 Å². The topological polar surface area (TPSA) is 20.3 Å². The van der Waals surface area contributed by atoms with Crippen molar-refractivity contribution in [2.45, 2.75) is 30.3 Å². The Balaban J connectivity index is 1.90. The minimum absolute atomic E-state index is 0.147. The van der Waals surface area contributed by atoms with Gasteiger partial charge in [0.15, 0.2) is 0 Å². The maximum absolute atomic E-state index is 14.1. The van der Waals surface area contributed by atoms with E-state index in [9.17, 15) is 4.79 Å². The van der Waals surface area contributed by atoms with Crippen molar-refractivity contribution in [3.8, 4) is 0 Å². The lowest BCUT2D eigenvalue weighted by Gasteiger charge is -2.36. The van der Waals surface area contributed by atoms with Gasteiger partial charge in [-0.2, -0.15) is 0 Å². The van der Waals surface area contributed by atoms with Crippen LogP contribution in [0.1, 0.15) is 31.9 Å². The van der Waals surface area contributed by atoms with E-state index in [1.807, 2.05) is 54.4 Å². The molecular formula is C26H27NOS. The third-order valence-electron chi connectivity index (χ3n) is 5.93. The van der Waals surface area contributed by atoms with Gasteiger partial charge in [0.1, 0.15) is 4.75 Å². The molecule has 4 rings (SSSR count). The molecule has 0 aliphatic carbocycles. The van der Waals surface area contributed by atoms with Gasteiger partial charge in [0, 0.05) is 12.7 Å². The molecular weight excluding hydrogens is 374 g/mol. The molecule has 3 aromatic rings. The van der Waals surface area contributed by atoms with E-state index >= 15 is 0 Å². The number of nitrogens with zero attached hydrogens (tertiary/aromatic N) is 1. The highest BCUT2D eigenvalue weighted by Crippen LogP contribution is 2.79. The van der Waals surface area contributed by atoms with Gasteiger partial charge < -0.3 is 4.90 Å². The third kappa shape index (κ3) is 2.91. The third-order valence-corrected chi connectivity index (χ3v) is 8.21. The number of thioether (sulfide) groups is 1. The van der Waals surface area contributed by atoms with Crippen molar-refractivity contribution in [2.24, 2.45) is 5.41 Å². The Labute approximate surface area is 178 Å². The second-order valence-electron chi connectivity index (χ2n) is 8.65. The number of anilines is 1. The van der Waals surface area contributed by atoms with Gasteiger partial charge in [0.2, 0.25) is 5.91 Å². The average Bonchev–Trinajstić information content (AvgIpc) is 3.48. The summed E-state index contributed by atoms with van der Waals surface area (Å²) in [5.41, 5.74) is 3.04. The van der Waals surface area contributed by atoms with Crippen LogP contribution in [0.3, 0.4) is 0 Å². The smallest absolute Gasteiger partial charge is 0.245 e. The first-order valence-corrected chi connectivity index (χ1v) is 10.8. The van der Waals surface area contributed by atoms with Crippen molar-refractivity contribution in [3.05, 3.63) is 102 Å². The number of hydrogen-bond donors (Lipinski definition) is 0. The first-order chi connectivity index (χ1) is 13.8. The molecule has 0 radical (unpaired) electrons. The van der Waals surface area contributed by atoms with Gasteiger partial charge in [0.25, 0.3) is 0 Å². The summed E-state index contributed by atoms with van der Waals surface area (Å²) < 4.78 is -1.01. The number of amides is 1. The number of carbonyl (C=O) groups is 1. The molecule has 1 unspecified atom stereocenters. The monoisotopic (exact) mass is 401 g/mol. The van der Waals surface area contributed by atoms with E-state index in [0.717, 1.165) is 5.69 Å². The number of hydrogen-bond acceptors (Lipinski definition) is 2. The molecule has 3 aromatic carbocycles. The molecule has 148 valence electrons. The quantitative estimate of drug-likeness (QED) is 0.491. The van der Waals surface area contributed by atoms with Crippen molar-refractivity contribution < 1.29 is 4.79 Å². The Morgan fingerprint density at radius 3 is 1.59 bits per heavy atom. The molecule has 1 aliphatic heterocycles. The molecule has 0 N–H and O–H groups in total. The van der Waals surface area contributed by atoms with Crippen LogP contribution in [0.4, 0.5) is 5.69 Å². The van der Waals surface area contributed by atoms with Crippen molar-refractivity contribution in [2.75, 3.05) is 11.9 Å². The molecule has 1 amide bonds. The second kappa shape index (κ2) is 7.07. The van der Waals surface area contributed by atoms with Crippen LogP contribution in [-0.2, 0) is 9.54 Å². The maximum atomic E-state index is 14.1. The van der Waals surface area contributed by atoms with Crippen LogP contribution in [0.25, 0.3) is 0 Å². The highest BCUT2D eigenvalue weighted by atomic mass is 32.2. The summed E-state index contributed by atoms with van der Waals surface area (Å²) in [6.07, 6.45) is 0. The highest BCUT2D eigenvalue weighted by molar-refractivity contribution is 8.10. The van der Waals surface area contributed by atoms with Crippen LogP contribution in [0.5, 0.6) is 0 Å². The number of benzene rings is 3. The SMILES string of the molecule is CN(C(=O)C1(C(C)(C)C)SC1(c1ccccc1)c1ccccc1)c1ccccc1. The fourth-order valence-corrected chi connectivity index (χ4v) is 6.52. The first-order valence-electron chi connectivity index (χ1n) is 9.99. The largest absolute Gasteiger partial charge is 0.314 e. The summed E-state index contributed by atoms with van der Waals surface area (Å²) in [5, 5.41) is 0. The molecule has 1 atom stereocenters.